The fourth-order valence-corrected chi connectivity index (χ4v) is 2.34. The molecule has 1 aliphatic rings. The van der Waals surface area contributed by atoms with Gasteiger partial charge in [-0.15, -0.1) is 0 Å². The zero-order chi connectivity index (χ0) is 14.4. The van der Waals surface area contributed by atoms with Crippen molar-refractivity contribution < 1.29 is 14.3 Å². The Morgan fingerprint density at radius 2 is 2.05 bits per heavy atom. The summed E-state index contributed by atoms with van der Waals surface area (Å²) in [6.07, 6.45) is 2.18. The minimum Gasteiger partial charge on any atom is -0.493 e. The molecule has 1 N–H and O–H groups in total. The van der Waals surface area contributed by atoms with E-state index in [0.29, 0.717) is 11.5 Å². The molecule has 1 aliphatic heterocycles. The smallest absolute Gasteiger partial charge is 0.260 e. The Morgan fingerprint density at radius 1 is 1.30 bits per heavy atom. The number of carbonyl (C=O) groups excluding carboxylic acids is 1. The number of hydrogen-bond donors (Lipinski definition) is 1. The van der Waals surface area contributed by atoms with Crippen molar-refractivity contribution in [2.24, 2.45) is 0 Å². The first-order valence-electron chi connectivity index (χ1n) is 6.96. The van der Waals surface area contributed by atoms with E-state index in [1.54, 1.807) is 7.11 Å². The van der Waals surface area contributed by atoms with Crippen LogP contribution in [0, 0.1) is 0 Å². The topological polar surface area (TPSA) is 50.8 Å². The van der Waals surface area contributed by atoms with Gasteiger partial charge in [0.1, 0.15) is 0 Å². The second-order valence-corrected chi connectivity index (χ2v) is 4.89. The van der Waals surface area contributed by atoms with Gasteiger partial charge in [-0.2, -0.15) is 0 Å². The Balaban J connectivity index is 1.96. The molecule has 1 fully saturated rings. The molecule has 110 valence electrons. The molecule has 5 nitrogen and oxygen atoms in total. The first kappa shape index (κ1) is 14.7. The molecule has 0 radical (unpaired) electrons. The number of benzene rings is 1. The first-order valence-corrected chi connectivity index (χ1v) is 6.96. The number of nitrogens with zero attached hydrogens (tertiary/aromatic N) is 1. The molecule has 0 bridgehead atoms. The number of carbonyl (C=O) groups is 1. The summed E-state index contributed by atoms with van der Waals surface area (Å²) in [6, 6.07) is 5.74. The lowest BCUT2D eigenvalue weighted by Gasteiger charge is -2.17. The van der Waals surface area contributed by atoms with Gasteiger partial charge in [0.05, 0.1) is 7.11 Å². The third-order valence-corrected chi connectivity index (χ3v) is 3.42. The van der Waals surface area contributed by atoms with Crippen LogP contribution in [-0.2, 0) is 11.3 Å². The number of amides is 1. The number of rotatable bonds is 6. The van der Waals surface area contributed by atoms with Crippen LogP contribution in [0.4, 0.5) is 0 Å². The highest BCUT2D eigenvalue weighted by Crippen LogP contribution is 2.28. The average Bonchev–Trinajstić information content (AvgIpc) is 3.00. The van der Waals surface area contributed by atoms with Gasteiger partial charge in [-0.1, -0.05) is 6.07 Å². The molecule has 1 saturated heterocycles. The number of nitrogens with one attached hydrogen (secondary N) is 1. The summed E-state index contributed by atoms with van der Waals surface area (Å²) in [5, 5.41) is 3.08. The first-order chi connectivity index (χ1) is 9.74. The zero-order valence-corrected chi connectivity index (χ0v) is 12.1. The number of methoxy groups -OCH3 is 1. The molecular weight excluding hydrogens is 256 g/mol. The zero-order valence-electron chi connectivity index (χ0n) is 12.1. The molecule has 1 aromatic carbocycles. The summed E-state index contributed by atoms with van der Waals surface area (Å²) in [7, 11) is 3.50. The summed E-state index contributed by atoms with van der Waals surface area (Å²) < 4.78 is 10.9. The van der Waals surface area contributed by atoms with Crippen LogP contribution in [0.3, 0.4) is 0 Å². The Kier molecular flexibility index (Phi) is 5.24. The van der Waals surface area contributed by atoms with Crippen LogP contribution in [0.25, 0.3) is 0 Å². The van der Waals surface area contributed by atoms with Crippen LogP contribution in [-0.4, -0.2) is 44.7 Å². The van der Waals surface area contributed by atoms with Crippen LogP contribution in [0.15, 0.2) is 18.2 Å². The Morgan fingerprint density at radius 3 is 2.70 bits per heavy atom. The molecule has 1 heterocycles. The third-order valence-electron chi connectivity index (χ3n) is 3.42. The van der Waals surface area contributed by atoms with E-state index in [4.69, 9.17) is 9.47 Å². The molecule has 2 rings (SSSR count). The van der Waals surface area contributed by atoms with Gasteiger partial charge in [-0.05, 0) is 37.6 Å². The van der Waals surface area contributed by atoms with Crippen molar-refractivity contribution in [1.29, 1.82) is 0 Å². The van der Waals surface area contributed by atoms with E-state index >= 15 is 0 Å². The highest BCUT2D eigenvalue weighted by atomic mass is 16.5. The van der Waals surface area contributed by atoms with E-state index in [2.05, 4.69) is 5.32 Å². The van der Waals surface area contributed by atoms with Crippen molar-refractivity contribution in [1.82, 2.24) is 10.2 Å². The summed E-state index contributed by atoms with van der Waals surface area (Å²) >= 11 is 0. The lowest BCUT2D eigenvalue weighted by atomic mass is 10.2. The molecule has 0 saturated carbocycles. The highest BCUT2D eigenvalue weighted by molar-refractivity contribution is 5.78. The average molecular weight is 278 g/mol. The van der Waals surface area contributed by atoms with Crippen LogP contribution < -0.4 is 14.8 Å². The standard InChI is InChI=1S/C15H22N2O3/c1-16-10-12-5-6-13(14(9-12)19-2)20-11-15(18)17-7-3-4-8-17/h5-6,9,16H,3-4,7-8,10-11H2,1-2H3. The van der Waals surface area contributed by atoms with Crippen molar-refractivity contribution in [2.75, 3.05) is 33.9 Å². The second-order valence-electron chi connectivity index (χ2n) is 4.89. The quantitative estimate of drug-likeness (QED) is 0.855. The van der Waals surface area contributed by atoms with Crippen molar-refractivity contribution >= 4 is 5.91 Å². The predicted molar refractivity (Wildman–Crippen MR) is 77.1 cm³/mol. The summed E-state index contributed by atoms with van der Waals surface area (Å²) in [4.78, 5) is 13.8. The normalized spacial score (nSPS) is 14.4. The summed E-state index contributed by atoms with van der Waals surface area (Å²) in [5.41, 5.74) is 1.11. The molecule has 0 atom stereocenters. The van der Waals surface area contributed by atoms with Gasteiger partial charge >= 0.3 is 0 Å². The monoisotopic (exact) mass is 278 g/mol. The number of hydrogen-bond acceptors (Lipinski definition) is 4. The van der Waals surface area contributed by atoms with Crippen LogP contribution >= 0.6 is 0 Å². The number of ether oxygens (including phenoxy) is 2. The minimum absolute atomic E-state index is 0.0452. The molecule has 5 heteroatoms. The summed E-state index contributed by atoms with van der Waals surface area (Å²) in [5.74, 6) is 1.32. The molecule has 0 unspecified atom stereocenters. The SMILES string of the molecule is CNCc1ccc(OCC(=O)N2CCCC2)c(OC)c1. The van der Waals surface area contributed by atoms with E-state index < -0.39 is 0 Å². The lowest BCUT2D eigenvalue weighted by Crippen LogP contribution is -2.32. The van der Waals surface area contributed by atoms with Crippen molar-refractivity contribution in [2.45, 2.75) is 19.4 Å². The van der Waals surface area contributed by atoms with Crippen LogP contribution in [0.1, 0.15) is 18.4 Å². The molecule has 0 aromatic heterocycles. The maximum absolute atomic E-state index is 11.9. The fourth-order valence-electron chi connectivity index (χ4n) is 2.34. The number of likely N-dealkylation sites (tertiary alicyclic amines) is 1. The fraction of sp³-hybridized carbons (Fsp3) is 0.533. The molecule has 1 aromatic rings. The van der Waals surface area contributed by atoms with Crippen molar-refractivity contribution in [3.8, 4) is 11.5 Å². The Bertz CT molecular complexity index is 456. The maximum Gasteiger partial charge on any atom is 0.260 e. The van der Waals surface area contributed by atoms with Gasteiger partial charge in [0.25, 0.3) is 5.91 Å². The van der Waals surface area contributed by atoms with Gasteiger partial charge < -0.3 is 19.7 Å². The van der Waals surface area contributed by atoms with Crippen molar-refractivity contribution in [3.63, 3.8) is 0 Å². The van der Waals surface area contributed by atoms with E-state index in [1.807, 2.05) is 30.1 Å². The second kappa shape index (κ2) is 7.14. The van der Waals surface area contributed by atoms with Gasteiger partial charge in [0.2, 0.25) is 0 Å². The van der Waals surface area contributed by atoms with Gasteiger partial charge in [-0.3, -0.25) is 4.79 Å². The van der Waals surface area contributed by atoms with Gasteiger partial charge in [-0.25, -0.2) is 0 Å². The molecule has 1 amide bonds. The highest BCUT2D eigenvalue weighted by Gasteiger charge is 2.18. The van der Waals surface area contributed by atoms with E-state index in [1.165, 1.54) is 0 Å². The van der Waals surface area contributed by atoms with Crippen LogP contribution in [0.5, 0.6) is 11.5 Å². The Hall–Kier alpha value is -1.75. The maximum atomic E-state index is 11.9. The predicted octanol–water partition coefficient (Wildman–Crippen LogP) is 1.42. The van der Waals surface area contributed by atoms with E-state index in [-0.39, 0.29) is 12.5 Å². The van der Waals surface area contributed by atoms with E-state index in [9.17, 15) is 4.79 Å². The molecule has 0 aliphatic carbocycles. The molecule has 20 heavy (non-hydrogen) atoms. The van der Waals surface area contributed by atoms with E-state index in [0.717, 1.165) is 38.0 Å². The Labute approximate surface area is 119 Å². The summed E-state index contributed by atoms with van der Waals surface area (Å²) in [6.45, 7) is 2.53. The minimum atomic E-state index is 0.0452. The largest absolute Gasteiger partial charge is 0.493 e. The lowest BCUT2D eigenvalue weighted by molar-refractivity contribution is -0.132. The van der Waals surface area contributed by atoms with Crippen molar-refractivity contribution in [3.05, 3.63) is 23.8 Å². The van der Waals surface area contributed by atoms with Gasteiger partial charge in [0, 0.05) is 19.6 Å². The molecule has 0 spiro atoms. The van der Waals surface area contributed by atoms with Gasteiger partial charge in [0.15, 0.2) is 18.1 Å². The third kappa shape index (κ3) is 3.63. The van der Waals surface area contributed by atoms with Crippen LogP contribution in [0.2, 0.25) is 0 Å². The molecular formula is C15H22N2O3.